The standard InChI is InChI=1S/C17H20N2O3S2/c20-24(21,16-2-1-14-11-22-12-15(14)9-16)18-5-7-19-6-3-17-13(10-19)4-8-23-17/h1-2,4,8-9,18H,3,5-7,10-12H2. The van der Waals surface area contributed by atoms with Gasteiger partial charge in [-0.3, -0.25) is 4.90 Å². The van der Waals surface area contributed by atoms with E-state index in [0.29, 0.717) is 24.7 Å². The normalized spacial score (nSPS) is 17.7. The second-order valence-corrected chi connectivity index (χ2v) is 8.98. The Morgan fingerprint density at radius 1 is 1.17 bits per heavy atom. The molecule has 1 N–H and O–H groups in total. The number of sulfonamides is 1. The Hall–Kier alpha value is -1.25. The maximum Gasteiger partial charge on any atom is 0.240 e. The summed E-state index contributed by atoms with van der Waals surface area (Å²) in [5.74, 6) is 0. The number of benzene rings is 1. The molecule has 0 unspecified atom stereocenters. The number of nitrogens with zero attached hydrogens (tertiary/aromatic N) is 1. The number of ether oxygens (including phenoxy) is 1. The molecule has 3 heterocycles. The summed E-state index contributed by atoms with van der Waals surface area (Å²) in [5, 5.41) is 2.13. The predicted octanol–water partition coefficient (Wildman–Crippen LogP) is 2.11. The Balaban J connectivity index is 1.35. The third kappa shape index (κ3) is 3.27. The molecule has 0 radical (unpaired) electrons. The third-order valence-electron chi connectivity index (χ3n) is 4.61. The van der Waals surface area contributed by atoms with Gasteiger partial charge < -0.3 is 4.74 Å². The van der Waals surface area contributed by atoms with Gasteiger partial charge >= 0.3 is 0 Å². The Kier molecular flexibility index (Phi) is 4.44. The zero-order valence-corrected chi connectivity index (χ0v) is 15.0. The van der Waals surface area contributed by atoms with Crippen molar-refractivity contribution < 1.29 is 13.2 Å². The van der Waals surface area contributed by atoms with Gasteiger partial charge in [0, 0.05) is 31.1 Å². The first-order valence-corrected chi connectivity index (χ1v) is 10.4. The van der Waals surface area contributed by atoms with Crippen LogP contribution < -0.4 is 4.72 Å². The molecule has 2 aliphatic heterocycles. The molecule has 0 atom stereocenters. The van der Waals surface area contributed by atoms with Gasteiger partial charge in [-0.15, -0.1) is 11.3 Å². The molecule has 0 saturated heterocycles. The summed E-state index contributed by atoms with van der Waals surface area (Å²) in [7, 11) is -3.46. The van der Waals surface area contributed by atoms with E-state index >= 15 is 0 Å². The minimum absolute atomic E-state index is 0.325. The second-order valence-electron chi connectivity index (χ2n) is 6.22. The van der Waals surface area contributed by atoms with Crippen molar-refractivity contribution in [2.45, 2.75) is 31.1 Å². The van der Waals surface area contributed by atoms with Crippen LogP contribution in [0.3, 0.4) is 0 Å². The summed E-state index contributed by atoms with van der Waals surface area (Å²) in [5.41, 5.74) is 3.43. The highest BCUT2D eigenvalue weighted by molar-refractivity contribution is 7.89. The van der Waals surface area contributed by atoms with Crippen LogP contribution in [0, 0.1) is 0 Å². The number of rotatable bonds is 5. The van der Waals surface area contributed by atoms with Crippen LogP contribution in [-0.4, -0.2) is 33.0 Å². The molecule has 0 saturated carbocycles. The van der Waals surface area contributed by atoms with E-state index in [0.717, 1.165) is 37.2 Å². The molecule has 0 fully saturated rings. The Morgan fingerprint density at radius 3 is 2.96 bits per heavy atom. The van der Waals surface area contributed by atoms with Crippen LogP contribution in [-0.2, 0) is 40.9 Å². The monoisotopic (exact) mass is 364 g/mol. The van der Waals surface area contributed by atoms with Crippen LogP contribution >= 0.6 is 11.3 Å². The van der Waals surface area contributed by atoms with Gasteiger partial charge in [-0.05, 0) is 46.7 Å². The van der Waals surface area contributed by atoms with Gasteiger partial charge in [0.25, 0.3) is 0 Å². The molecular weight excluding hydrogens is 344 g/mol. The van der Waals surface area contributed by atoms with Crippen molar-refractivity contribution >= 4 is 21.4 Å². The molecule has 128 valence electrons. The van der Waals surface area contributed by atoms with Crippen LogP contribution in [0.4, 0.5) is 0 Å². The van der Waals surface area contributed by atoms with E-state index in [1.54, 1.807) is 12.1 Å². The van der Waals surface area contributed by atoms with Crippen molar-refractivity contribution in [3.63, 3.8) is 0 Å². The lowest BCUT2D eigenvalue weighted by atomic mass is 10.1. The minimum atomic E-state index is -3.46. The van der Waals surface area contributed by atoms with Crippen LogP contribution in [0.5, 0.6) is 0 Å². The highest BCUT2D eigenvalue weighted by Crippen LogP contribution is 2.24. The molecule has 2 aliphatic rings. The fourth-order valence-electron chi connectivity index (χ4n) is 3.23. The highest BCUT2D eigenvalue weighted by atomic mass is 32.2. The van der Waals surface area contributed by atoms with Crippen LogP contribution in [0.1, 0.15) is 21.6 Å². The maximum atomic E-state index is 12.5. The van der Waals surface area contributed by atoms with Gasteiger partial charge in [-0.25, -0.2) is 13.1 Å². The number of hydrogen-bond acceptors (Lipinski definition) is 5. The topological polar surface area (TPSA) is 58.6 Å². The summed E-state index contributed by atoms with van der Waals surface area (Å²) in [6, 6.07) is 7.40. The fraction of sp³-hybridized carbons (Fsp3) is 0.412. The van der Waals surface area contributed by atoms with Gasteiger partial charge in [-0.1, -0.05) is 6.07 Å². The lowest BCUT2D eigenvalue weighted by molar-refractivity contribution is 0.134. The lowest BCUT2D eigenvalue weighted by Gasteiger charge is -2.26. The predicted molar refractivity (Wildman–Crippen MR) is 93.4 cm³/mol. The molecule has 0 bridgehead atoms. The molecule has 1 aromatic heterocycles. The zero-order chi connectivity index (χ0) is 16.6. The van der Waals surface area contributed by atoms with Crippen LogP contribution in [0.2, 0.25) is 0 Å². The van der Waals surface area contributed by atoms with Crippen molar-refractivity contribution in [2.24, 2.45) is 0 Å². The number of hydrogen-bond donors (Lipinski definition) is 1. The Bertz CT molecular complexity index is 845. The molecule has 4 rings (SSSR count). The largest absolute Gasteiger partial charge is 0.372 e. The van der Waals surface area contributed by atoms with Crippen molar-refractivity contribution in [1.82, 2.24) is 9.62 Å². The van der Waals surface area contributed by atoms with Gasteiger partial charge in [0.15, 0.2) is 0 Å². The molecule has 0 amide bonds. The number of fused-ring (bicyclic) bond motifs is 2. The molecular formula is C17H20N2O3S2. The summed E-state index contributed by atoms with van der Waals surface area (Å²) in [4.78, 5) is 4.09. The Labute approximate surface area is 146 Å². The number of nitrogens with one attached hydrogen (secondary N) is 1. The minimum Gasteiger partial charge on any atom is -0.372 e. The molecule has 0 aliphatic carbocycles. The average Bonchev–Trinajstić information content (AvgIpc) is 3.22. The van der Waals surface area contributed by atoms with Crippen molar-refractivity contribution in [3.8, 4) is 0 Å². The van der Waals surface area contributed by atoms with E-state index < -0.39 is 10.0 Å². The first-order chi connectivity index (χ1) is 11.6. The maximum absolute atomic E-state index is 12.5. The third-order valence-corrected chi connectivity index (χ3v) is 7.09. The van der Waals surface area contributed by atoms with Gasteiger partial charge in [0.2, 0.25) is 10.0 Å². The van der Waals surface area contributed by atoms with Crippen molar-refractivity contribution in [2.75, 3.05) is 19.6 Å². The first kappa shape index (κ1) is 16.2. The summed E-state index contributed by atoms with van der Waals surface area (Å²) in [6.45, 7) is 4.12. The quantitative estimate of drug-likeness (QED) is 0.883. The van der Waals surface area contributed by atoms with Gasteiger partial charge in [0.05, 0.1) is 18.1 Å². The van der Waals surface area contributed by atoms with E-state index in [-0.39, 0.29) is 0 Å². The molecule has 24 heavy (non-hydrogen) atoms. The van der Waals surface area contributed by atoms with Crippen LogP contribution in [0.25, 0.3) is 0 Å². The van der Waals surface area contributed by atoms with Crippen molar-refractivity contribution in [1.29, 1.82) is 0 Å². The molecule has 1 aromatic carbocycles. The summed E-state index contributed by atoms with van der Waals surface area (Å²) in [6.07, 6.45) is 1.06. The Morgan fingerprint density at radius 2 is 2.04 bits per heavy atom. The lowest BCUT2D eigenvalue weighted by Crippen LogP contribution is -2.37. The molecule has 7 heteroatoms. The summed E-state index contributed by atoms with van der Waals surface area (Å²) < 4.78 is 33.0. The van der Waals surface area contributed by atoms with Crippen LogP contribution in [0.15, 0.2) is 34.5 Å². The van der Waals surface area contributed by atoms with E-state index in [1.165, 1.54) is 10.4 Å². The van der Waals surface area contributed by atoms with Crippen molar-refractivity contribution in [3.05, 3.63) is 51.2 Å². The smallest absolute Gasteiger partial charge is 0.240 e. The highest BCUT2D eigenvalue weighted by Gasteiger charge is 2.20. The SMILES string of the molecule is O=S(=O)(NCCN1CCc2sccc2C1)c1ccc2c(c1)COC2. The molecule has 2 aromatic rings. The van der Waals surface area contributed by atoms with Gasteiger partial charge in [-0.2, -0.15) is 0 Å². The number of thiophene rings is 1. The molecule has 0 spiro atoms. The average molecular weight is 364 g/mol. The fourth-order valence-corrected chi connectivity index (χ4v) is 5.20. The summed E-state index contributed by atoms with van der Waals surface area (Å²) >= 11 is 1.81. The van der Waals surface area contributed by atoms with E-state index in [1.807, 2.05) is 17.4 Å². The van der Waals surface area contributed by atoms with E-state index in [9.17, 15) is 8.42 Å². The molecule has 5 nitrogen and oxygen atoms in total. The van der Waals surface area contributed by atoms with Gasteiger partial charge in [0.1, 0.15) is 0 Å². The van der Waals surface area contributed by atoms with E-state index in [2.05, 4.69) is 21.1 Å². The second kappa shape index (κ2) is 6.57. The van der Waals surface area contributed by atoms with E-state index in [4.69, 9.17) is 4.74 Å². The zero-order valence-electron chi connectivity index (χ0n) is 13.3. The first-order valence-electron chi connectivity index (χ1n) is 8.09.